The molecule has 6 heteroatoms. The predicted octanol–water partition coefficient (Wildman–Crippen LogP) is 4.73. The van der Waals surface area contributed by atoms with Gasteiger partial charge in [0.05, 0.1) is 11.3 Å². The first kappa shape index (κ1) is 14.2. The van der Waals surface area contributed by atoms with Gasteiger partial charge in [-0.3, -0.25) is 4.99 Å². The highest BCUT2D eigenvalue weighted by molar-refractivity contribution is 5.82. The average Bonchev–Trinajstić information content (AvgIpc) is 2.38. The van der Waals surface area contributed by atoms with Gasteiger partial charge in [-0.15, -0.1) is 0 Å². The second-order valence-corrected chi connectivity index (χ2v) is 3.97. The molecule has 20 heavy (non-hydrogen) atoms. The minimum atomic E-state index is -4.70. The second kappa shape index (κ2) is 5.40. The van der Waals surface area contributed by atoms with Gasteiger partial charge >= 0.3 is 6.18 Å². The molecule has 0 aromatic heterocycles. The van der Waals surface area contributed by atoms with Crippen LogP contribution in [0.2, 0.25) is 0 Å². The summed E-state index contributed by atoms with van der Waals surface area (Å²) in [6.45, 7) is 0. The van der Waals surface area contributed by atoms with Crippen LogP contribution in [0.15, 0.2) is 47.5 Å². The van der Waals surface area contributed by atoms with E-state index in [4.69, 9.17) is 0 Å². The summed E-state index contributed by atoms with van der Waals surface area (Å²) in [5.74, 6) is -1.45. The van der Waals surface area contributed by atoms with Gasteiger partial charge in [0, 0.05) is 6.21 Å². The van der Waals surface area contributed by atoms with E-state index in [0.29, 0.717) is 11.6 Å². The first-order chi connectivity index (χ1) is 9.36. The van der Waals surface area contributed by atoms with Crippen molar-refractivity contribution in [2.75, 3.05) is 0 Å². The standard InChI is InChI=1S/C14H8F5N/c15-10-3-1-9(2-4-10)8-20-13-6-5-11(16)7-12(13)14(17,18)19/h1-8H. The number of rotatable bonds is 2. The molecule has 0 bridgehead atoms. The zero-order valence-electron chi connectivity index (χ0n) is 9.96. The molecule has 0 saturated carbocycles. The third kappa shape index (κ3) is 3.40. The molecular formula is C14H8F5N. The van der Waals surface area contributed by atoms with Gasteiger partial charge < -0.3 is 0 Å². The van der Waals surface area contributed by atoms with Crippen LogP contribution < -0.4 is 0 Å². The summed E-state index contributed by atoms with van der Waals surface area (Å²) < 4.78 is 63.7. The van der Waals surface area contributed by atoms with Gasteiger partial charge in [-0.1, -0.05) is 12.1 Å². The number of nitrogens with zero attached hydrogens (tertiary/aromatic N) is 1. The molecule has 0 aliphatic heterocycles. The van der Waals surface area contributed by atoms with Crippen molar-refractivity contribution >= 4 is 11.9 Å². The van der Waals surface area contributed by atoms with E-state index in [-0.39, 0.29) is 0 Å². The Hall–Kier alpha value is -2.24. The highest BCUT2D eigenvalue weighted by Gasteiger charge is 2.33. The average molecular weight is 285 g/mol. The molecule has 0 N–H and O–H groups in total. The molecule has 2 rings (SSSR count). The van der Waals surface area contributed by atoms with E-state index in [0.717, 1.165) is 30.5 Å². The fourth-order valence-electron chi connectivity index (χ4n) is 1.54. The van der Waals surface area contributed by atoms with E-state index in [1.54, 1.807) is 0 Å². The van der Waals surface area contributed by atoms with Gasteiger partial charge in [0.1, 0.15) is 11.6 Å². The van der Waals surface area contributed by atoms with E-state index >= 15 is 0 Å². The quantitative estimate of drug-likeness (QED) is 0.558. The lowest BCUT2D eigenvalue weighted by Gasteiger charge is -2.09. The van der Waals surface area contributed by atoms with Crippen LogP contribution in [0.1, 0.15) is 11.1 Å². The van der Waals surface area contributed by atoms with Crippen molar-refractivity contribution in [3.05, 3.63) is 65.2 Å². The molecule has 0 atom stereocenters. The number of alkyl halides is 3. The molecule has 0 fully saturated rings. The van der Waals surface area contributed by atoms with E-state index in [9.17, 15) is 22.0 Å². The largest absolute Gasteiger partial charge is 0.418 e. The van der Waals surface area contributed by atoms with Gasteiger partial charge in [-0.25, -0.2) is 8.78 Å². The molecule has 0 radical (unpaired) electrons. The van der Waals surface area contributed by atoms with Crippen LogP contribution in [-0.4, -0.2) is 6.21 Å². The minimum absolute atomic E-state index is 0.386. The van der Waals surface area contributed by atoms with Crippen molar-refractivity contribution in [3.63, 3.8) is 0 Å². The Bertz CT molecular complexity index is 629. The fourth-order valence-corrected chi connectivity index (χ4v) is 1.54. The Morgan fingerprint density at radius 1 is 0.850 bits per heavy atom. The number of hydrogen-bond acceptors (Lipinski definition) is 1. The molecule has 0 spiro atoms. The van der Waals surface area contributed by atoms with Crippen molar-refractivity contribution in [2.24, 2.45) is 4.99 Å². The number of benzene rings is 2. The molecule has 0 aliphatic carbocycles. The molecule has 2 aromatic rings. The van der Waals surface area contributed by atoms with Crippen molar-refractivity contribution in [3.8, 4) is 0 Å². The Morgan fingerprint density at radius 2 is 1.45 bits per heavy atom. The van der Waals surface area contributed by atoms with Crippen molar-refractivity contribution in [2.45, 2.75) is 6.18 Å². The summed E-state index contributed by atoms with van der Waals surface area (Å²) in [5.41, 5.74) is -1.12. The minimum Gasteiger partial charge on any atom is -0.256 e. The normalized spacial score (nSPS) is 12.1. The molecule has 2 aromatic carbocycles. The lowest BCUT2D eigenvalue weighted by Crippen LogP contribution is -2.05. The summed E-state index contributed by atoms with van der Waals surface area (Å²) in [4.78, 5) is 3.68. The summed E-state index contributed by atoms with van der Waals surface area (Å²) in [5, 5.41) is 0. The van der Waals surface area contributed by atoms with Crippen molar-refractivity contribution < 1.29 is 22.0 Å². The van der Waals surface area contributed by atoms with E-state index in [1.807, 2.05) is 0 Å². The van der Waals surface area contributed by atoms with Crippen LogP contribution in [0, 0.1) is 11.6 Å². The maximum Gasteiger partial charge on any atom is 0.418 e. The molecule has 1 nitrogen and oxygen atoms in total. The summed E-state index contributed by atoms with van der Waals surface area (Å²) in [7, 11) is 0. The van der Waals surface area contributed by atoms with Crippen LogP contribution in [0.3, 0.4) is 0 Å². The molecule has 0 heterocycles. The first-order valence-corrected chi connectivity index (χ1v) is 5.52. The summed E-state index contributed by atoms with van der Waals surface area (Å²) in [6.07, 6.45) is -3.54. The maximum atomic E-state index is 12.9. The smallest absolute Gasteiger partial charge is 0.256 e. The summed E-state index contributed by atoms with van der Waals surface area (Å²) in [6, 6.07) is 7.29. The molecule has 104 valence electrons. The van der Waals surface area contributed by atoms with Crippen LogP contribution >= 0.6 is 0 Å². The zero-order valence-corrected chi connectivity index (χ0v) is 9.96. The highest BCUT2D eigenvalue weighted by Crippen LogP contribution is 2.36. The highest BCUT2D eigenvalue weighted by atomic mass is 19.4. The Labute approximate surface area is 111 Å². The Morgan fingerprint density at radius 3 is 2.05 bits per heavy atom. The van der Waals surface area contributed by atoms with E-state index in [1.165, 1.54) is 12.1 Å². The monoisotopic (exact) mass is 285 g/mol. The molecule has 0 aliphatic rings. The predicted molar refractivity (Wildman–Crippen MR) is 65.1 cm³/mol. The van der Waals surface area contributed by atoms with Gasteiger partial charge in [0.2, 0.25) is 0 Å². The second-order valence-electron chi connectivity index (χ2n) is 3.97. The first-order valence-electron chi connectivity index (χ1n) is 5.52. The number of aliphatic imine (C=N–C) groups is 1. The summed E-state index contributed by atoms with van der Waals surface area (Å²) >= 11 is 0. The third-order valence-corrected chi connectivity index (χ3v) is 2.49. The number of hydrogen-bond donors (Lipinski definition) is 0. The van der Waals surface area contributed by atoms with Crippen molar-refractivity contribution in [1.82, 2.24) is 0 Å². The van der Waals surface area contributed by atoms with Gasteiger partial charge in [-0.05, 0) is 35.9 Å². The van der Waals surface area contributed by atoms with Gasteiger partial charge in [0.25, 0.3) is 0 Å². The van der Waals surface area contributed by atoms with Gasteiger partial charge in [0.15, 0.2) is 0 Å². The van der Waals surface area contributed by atoms with Crippen LogP contribution in [0.25, 0.3) is 0 Å². The molecule has 0 amide bonds. The van der Waals surface area contributed by atoms with E-state index in [2.05, 4.69) is 4.99 Å². The molecule has 0 unspecified atom stereocenters. The fraction of sp³-hybridized carbons (Fsp3) is 0.0714. The molecular weight excluding hydrogens is 277 g/mol. The maximum absolute atomic E-state index is 12.9. The topological polar surface area (TPSA) is 12.4 Å². The van der Waals surface area contributed by atoms with Crippen LogP contribution in [0.4, 0.5) is 27.6 Å². The SMILES string of the molecule is Fc1ccc(C=Nc2ccc(F)cc2C(F)(F)F)cc1. The van der Waals surface area contributed by atoms with Crippen LogP contribution in [-0.2, 0) is 6.18 Å². The van der Waals surface area contributed by atoms with Crippen LogP contribution in [0.5, 0.6) is 0 Å². The Kier molecular flexibility index (Phi) is 3.83. The lowest BCUT2D eigenvalue weighted by atomic mass is 10.1. The zero-order chi connectivity index (χ0) is 14.8. The van der Waals surface area contributed by atoms with Gasteiger partial charge in [-0.2, -0.15) is 13.2 Å². The van der Waals surface area contributed by atoms with Crippen molar-refractivity contribution in [1.29, 1.82) is 0 Å². The number of halogens is 5. The molecule has 0 saturated heterocycles. The lowest BCUT2D eigenvalue weighted by molar-refractivity contribution is -0.137. The third-order valence-electron chi connectivity index (χ3n) is 2.49. The Balaban J connectivity index is 2.36. The van der Waals surface area contributed by atoms with E-state index < -0.39 is 29.1 Å².